The minimum Gasteiger partial charge on any atom is -0.307 e. The highest BCUT2D eigenvalue weighted by Gasteiger charge is 2.31. The SMILES string of the molecule is Cc1cccc(C2CC(N[C@H](C)c3ccc(Br)cc3)C2)c1. The van der Waals surface area contributed by atoms with Crippen molar-refractivity contribution >= 4 is 15.9 Å². The summed E-state index contributed by atoms with van der Waals surface area (Å²) < 4.78 is 1.14. The van der Waals surface area contributed by atoms with Gasteiger partial charge in [-0.25, -0.2) is 0 Å². The van der Waals surface area contributed by atoms with E-state index in [0.29, 0.717) is 12.1 Å². The van der Waals surface area contributed by atoms with Gasteiger partial charge >= 0.3 is 0 Å². The first-order chi connectivity index (χ1) is 10.1. The lowest BCUT2D eigenvalue weighted by atomic mass is 9.75. The third-order valence-electron chi connectivity index (χ3n) is 4.51. The van der Waals surface area contributed by atoms with E-state index in [2.05, 4.69) is 83.6 Å². The number of halogens is 1. The van der Waals surface area contributed by atoms with Crippen LogP contribution >= 0.6 is 15.9 Å². The maximum atomic E-state index is 3.75. The van der Waals surface area contributed by atoms with Gasteiger partial charge in [-0.2, -0.15) is 0 Å². The Bertz CT molecular complexity index is 599. The Morgan fingerprint density at radius 3 is 2.48 bits per heavy atom. The summed E-state index contributed by atoms with van der Waals surface area (Å²) in [6, 6.07) is 18.6. The van der Waals surface area contributed by atoms with Gasteiger partial charge in [-0.15, -0.1) is 0 Å². The van der Waals surface area contributed by atoms with Crippen LogP contribution in [-0.4, -0.2) is 6.04 Å². The second-order valence-electron chi connectivity index (χ2n) is 6.22. The molecule has 1 atom stereocenters. The van der Waals surface area contributed by atoms with E-state index in [9.17, 15) is 0 Å². The first kappa shape index (κ1) is 14.8. The lowest BCUT2D eigenvalue weighted by molar-refractivity contribution is 0.271. The molecule has 2 aromatic rings. The van der Waals surface area contributed by atoms with Crippen LogP contribution in [-0.2, 0) is 0 Å². The molecule has 2 heteroatoms. The molecule has 2 aromatic carbocycles. The predicted molar refractivity (Wildman–Crippen MR) is 92.6 cm³/mol. The molecule has 1 N–H and O–H groups in total. The van der Waals surface area contributed by atoms with Crippen molar-refractivity contribution in [2.45, 2.75) is 44.7 Å². The number of nitrogens with one attached hydrogen (secondary N) is 1. The van der Waals surface area contributed by atoms with Gasteiger partial charge < -0.3 is 5.32 Å². The van der Waals surface area contributed by atoms with E-state index >= 15 is 0 Å². The van der Waals surface area contributed by atoms with E-state index in [1.807, 2.05) is 0 Å². The Balaban J connectivity index is 1.54. The van der Waals surface area contributed by atoms with Gasteiger partial charge in [-0.05, 0) is 55.9 Å². The maximum absolute atomic E-state index is 3.75. The van der Waals surface area contributed by atoms with Crippen LogP contribution in [0.15, 0.2) is 53.0 Å². The Hall–Kier alpha value is -1.12. The van der Waals surface area contributed by atoms with E-state index < -0.39 is 0 Å². The molecule has 0 heterocycles. The lowest BCUT2D eigenvalue weighted by Gasteiger charge is -2.38. The summed E-state index contributed by atoms with van der Waals surface area (Å²) in [5, 5.41) is 3.75. The fraction of sp³-hybridized carbons (Fsp3) is 0.368. The van der Waals surface area contributed by atoms with Crippen LogP contribution in [0.2, 0.25) is 0 Å². The van der Waals surface area contributed by atoms with E-state index in [0.717, 1.165) is 10.4 Å². The van der Waals surface area contributed by atoms with Gasteiger partial charge in [-0.3, -0.25) is 0 Å². The molecular weight excluding hydrogens is 322 g/mol. The number of benzene rings is 2. The molecule has 0 unspecified atom stereocenters. The highest BCUT2D eigenvalue weighted by molar-refractivity contribution is 9.10. The molecule has 3 rings (SSSR count). The Labute approximate surface area is 135 Å². The molecule has 1 fully saturated rings. The van der Waals surface area contributed by atoms with Crippen molar-refractivity contribution in [3.8, 4) is 0 Å². The van der Waals surface area contributed by atoms with E-state index in [1.165, 1.54) is 29.5 Å². The summed E-state index contributed by atoms with van der Waals surface area (Å²) in [6.45, 7) is 4.43. The van der Waals surface area contributed by atoms with E-state index in [-0.39, 0.29) is 0 Å². The van der Waals surface area contributed by atoms with Crippen molar-refractivity contribution in [2.24, 2.45) is 0 Å². The van der Waals surface area contributed by atoms with Crippen LogP contribution in [0.5, 0.6) is 0 Å². The molecule has 0 saturated heterocycles. The van der Waals surface area contributed by atoms with Gasteiger partial charge in [0.05, 0.1) is 0 Å². The molecule has 0 amide bonds. The van der Waals surface area contributed by atoms with Gasteiger partial charge in [0.1, 0.15) is 0 Å². The summed E-state index contributed by atoms with van der Waals surface area (Å²) in [6.07, 6.45) is 2.51. The molecule has 110 valence electrons. The minimum absolute atomic E-state index is 0.418. The van der Waals surface area contributed by atoms with Crippen molar-refractivity contribution in [3.05, 3.63) is 69.7 Å². The van der Waals surface area contributed by atoms with Gasteiger partial charge in [0.25, 0.3) is 0 Å². The zero-order valence-corrected chi connectivity index (χ0v) is 14.2. The second kappa shape index (κ2) is 6.33. The van der Waals surface area contributed by atoms with Crippen molar-refractivity contribution in [2.75, 3.05) is 0 Å². The van der Waals surface area contributed by atoms with Crippen molar-refractivity contribution < 1.29 is 0 Å². The number of rotatable bonds is 4. The van der Waals surface area contributed by atoms with Crippen LogP contribution in [0.1, 0.15) is 48.4 Å². The van der Waals surface area contributed by atoms with Crippen LogP contribution in [0.25, 0.3) is 0 Å². The zero-order chi connectivity index (χ0) is 14.8. The Morgan fingerprint density at radius 2 is 1.81 bits per heavy atom. The summed E-state index contributed by atoms with van der Waals surface area (Å²) in [7, 11) is 0. The molecule has 0 aromatic heterocycles. The predicted octanol–water partition coefficient (Wildman–Crippen LogP) is 5.35. The molecule has 1 aliphatic carbocycles. The number of hydrogen-bond acceptors (Lipinski definition) is 1. The summed E-state index contributed by atoms with van der Waals surface area (Å²) in [4.78, 5) is 0. The molecule has 1 aliphatic rings. The number of aryl methyl sites for hydroxylation is 1. The molecule has 21 heavy (non-hydrogen) atoms. The lowest BCUT2D eigenvalue weighted by Crippen LogP contribution is -2.41. The van der Waals surface area contributed by atoms with Crippen molar-refractivity contribution in [3.63, 3.8) is 0 Å². The molecule has 0 aliphatic heterocycles. The van der Waals surface area contributed by atoms with Crippen molar-refractivity contribution in [1.29, 1.82) is 0 Å². The standard InChI is InChI=1S/C19H22BrN/c1-13-4-3-5-16(10-13)17-11-19(12-17)21-14(2)15-6-8-18(20)9-7-15/h3-10,14,17,19,21H,11-12H2,1-2H3/t14-,17?,19?/m1/s1. The smallest absolute Gasteiger partial charge is 0.0294 e. The topological polar surface area (TPSA) is 12.0 Å². The van der Waals surface area contributed by atoms with Crippen LogP contribution in [0.3, 0.4) is 0 Å². The Kier molecular flexibility index (Phi) is 4.46. The molecule has 0 spiro atoms. The van der Waals surface area contributed by atoms with Gasteiger partial charge in [0.15, 0.2) is 0 Å². The molecular formula is C19H22BrN. The zero-order valence-electron chi connectivity index (χ0n) is 12.6. The largest absolute Gasteiger partial charge is 0.307 e. The van der Waals surface area contributed by atoms with Crippen LogP contribution < -0.4 is 5.32 Å². The average Bonchev–Trinajstić information content (AvgIpc) is 2.43. The van der Waals surface area contributed by atoms with E-state index in [1.54, 1.807) is 0 Å². The van der Waals surface area contributed by atoms with Crippen LogP contribution in [0, 0.1) is 6.92 Å². The fourth-order valence-electron chi connectivity index (χ4n) is 3.15. The average molecular weight is 344 g/mol. The number of hydrogen-bond donors (Lipinski definition) is 1. The first-order valence-electron chi connectivity index (χ1n) is 7.70. The third kappa shape index (κ3) is 3.56. The second-order valence-corrected chi connectivity index (χ2v) is 7.13. The van der Waals surface area contributed by atoms with Gasteiger partial charge in [0, 0.05) is 16.6 Å². The Morgan fingerprint density at radius 1 is 1.10 bits per heavy atom. The first-order valence-corrected chi connectivity index (χ1v) is 8.49. The fourth-order valence-corrected chi connectivity index (χ4v) is 3.42. The monoisotopic (exact) mass is 343 g/mol. The summed E-state index contributed by atoms with van der Waals surface area (Å²) in [5.41, 5.74) is 4.23. The highest BCUT2D eigenvalue weighted by Crippen LogP contribution is 2.38. The third-order valence-corrected chi connectivity index (χ3v) is 5.04. The molecule has 1 saturated carbocycles. The summed E-state index contributed by atoms with van der Waals surface area (Å²) >= 11 is 3.49. The van der Waals surface area contributed by atoms with Crippen LogP contribution in [0.4, 0.5) is 0 Å². The van der Waals surface area contributed by atoms with Gasteiger partial charge in [0.2, 0.25) is 0 Å². The quantitative estimate of drug-likeness (QED) is 0.788. The normalized spacial score (nSPS) is 22.6. The summed E-state index contributed by atoms with van der Waals surface area (Å²) in [5.74, 6) is 0.736. The molecule has 0 bridgehead atoms. The van der Waals surface area contributed by atoms with Crippen molar-refractivity contribution in [1.82, 2.24) is 5.32 Å². The maximum Gasteiger partial charge on any atom is 0.0294 e. The van der Waals surface area contributed by atoms with E-state index in [4.69, 9.17) is 0 Å². The minimum atomic E-state index is 0.418. The molecule has 0 radical (unpaired) electrons. The molecule has 1 nitrogen and oxygen atoms in total. The van der Waals surface area contributed by atoms with Gasteiger partial charge in [-0.1, -0.05) is 57.9 Å². The highest BCUT2D eigenvalue weighted by atomic mass is 79.9.